The summed E-state index contributed by atoms with van der Waals surface area (Å²) in [4.78, 5) is 29.1. The highest BCUT2D eigenvalue weighted by Gasteiger charge is 2.31. The average molecular weight is 428 g/mol. The number of nitrogens with zero attached hydrogens (tertiary/aromatic N) is 4. The van der Waals surface area contributed by atoms with Gasteiger partial charge in [-0.15, -0.1) is 6.58 Å². The molecule has 1 atom stereocenters. The van der Waals surface area contributed by atoms with Crippen molar-refractivity contribution in [3.63, 3.8) is 0 Å². The van der Waals surface area contributed by atoms with Gasteiger partial charge in [0.2, 0.25) is 5.91 Å². The maximum Gasteiger partial charge on any atom is 0.274 e. The lowest BCUT2D eigenvalue weighted by atomic mass is 9.91. The molecule has 2 aliphatic heterocycles. The summed E-state index contributed by atoms with van der Waals surface area (Å²) in [6.07, 6.45) is 12.0. The van der Waals surface area contributed by atoms with E-state index in [4.69, 9.17) is 5.10 Å². The highest BCUT2D eigenvalue weighted by Crippen LogP contribution is 2.27. The Balaban J connectivity index is 1.39. The number of hydrogen-bond donors (Lipinski definition) is 1. The number of rotatable bonds is 8. The average Bonchev–Trinajstić information content (AvgIpc) is 3.22. The van der Waals surface area contributed by atoms with Crippen LogP contribution in [0.15, 0.2) is 12.7 Å². The lowest BCUT2D eigenvalue weighted by molar-refractivity contribution is -0.127. The van der Waals surface area contributed by atoms with E-state index in [1.807, 2.05) is 20.6 Å². The second-order valence-corrected chi connectivity index (χ2v) is 9.18. The van der Waals surface area contributed by atoms with Crippen molar-refractivity contribution in [1.29, 1.82) is 0 Å². The predicted octanol–water partition coefficient (Wildman–Crippen LogP) is 2.54. The first kappa shape index (κ1) is 22.1. The molecular formula is C24H37N5O2. The van der Waals surface area contributed by atoms with E-state index in [-0.39, 0.29) is 5.91 Å². The summed E-state index contributed by atoms with van der Waals surface area (Å²) in [7, 11) is 0. The molecule has 1 aliphatic carbocycles. The molecule has 4 rings (SSSR count). The summed E-state index contributed by atoms with van der Waals surface area (Å²) >= 11 is 0. The zero-order chi connectivity index (χ0) is 21.6. The monoisotopic (exact) mass is 427 g/mol. The Morgan fingerprint density at radius 2 is 1.94 bits per heavy atom. The van der Waals surface area contributed by atoms with Crippen molar-refractivity contribution in [2.75, 3.05) is 32.7 Å². The van der Waals surface area contributed by atoms with Crippen LogP contribution >= 0.6 is 0 Å². The molecule has 3 heterocycles. The van der Waals surface area contributed by atoms with Gasteiger partial charge in [0, 0.05) is 49.9 Å². The number of likely N-dealkylation sites (tertiary alicyclic amines) is 2. The molecule has 0 radical (unpaired) electrons. The summed E-state index contributed by atoms with van der Waals surface area (Å²) in [6, 6.07) is 0.360. The highest BCUT2D eigenvalue weighted by molar-refractivity contribution is 5.94. The van der Waals surface area contributed by atoms with E-state index in [1.165, 1.54) is 18.5 Å². The zero-order valence-electron chi connectivity index (χ0n) is 18.8. The molecule has 1 aromatic heterocycles. The van der Waals surface area contributed by atoms with E-state index in [1.54, 1.807) is 0 Å². The van der Waals surface area contributed by atoms with Crippen molar-refractivity contribution < 1.29 is 9.59 Å². The summed E-state index contributed by atoms with van der Waals surface area (Å²) in [5.74, 6) is 0.405. The van der Waals surface area contributed by atoms with Crippen LogP contribution in [-0.4, -0.2) is 70.2 Å². The number of nitrogens with one attached hydrogen (secondary N) is 1. The summed E-state index contributed by atoms with van der Waals surface area (Å²) in [5.41, 5.74) is 3.00. The maximum atomic E-state index is 13.4. The molecule has 1 N–H and O–H groups in total. The quantitative estimate of drug-likeness (QED) is 0.511. The van der Waals surface area contributed by atoms with Crippen molar-refractivity contribution in [2.45, 2.75) is 76.8 Å². The minimum absolute atomic E-state index is 0.106. The topological polar surface area (TPSA) is 70.5 Å². The first-order valence-electron chi connectivity index (χ1n) is 12.2. The third kappa shape index (κ3) is 5.20. The van der Waals surface area contributed by atoms with E-state index in [0.717, 1.165) is 83.2 Å². The van der Waals surface area contributed by atoms with Crippen LogP contribution in [0.2, 0.25) is 0 Å². The fourth-order valence-corrected chi connectivity index (χ4v) is 5.25. The Bertz CT molecular complexity index is 794. The number of fused-ring (bicyclic) bond motifs is 1. The van der Waals surface area contributed by atoms with Gasteiger partial charge in [0.25, 0.3) is 5.91 Å². The number of carbonyl (C=O) groups is 2. The SMILES string of the molecule is C=CCn1nc(C(=O)N2CCCCCC2)c2c1CCC(NCCCN1CCCC1=O)C2. The molecule has 7 nitrogen and oxygen atoms in total. The van der Waals surface area contributed by atoms with Gasteiger partial charge >= 0.3 is 0 Å². The van der Waals surface area contributed by atoms with Gasteiger partial charge in [0.15, 0.2) is 5.69 Å². The fourth-order valence-electron chi connectivity index (χ4n) is 5.25. The first-order valence-corrected chi connectivity index (χ1v) is 12.2. The summed E-state index contributed by atoms with van der Waals surface area (Å²) in [5, 5.41) is 8.44. The van der Waals surface area contributed by atoms with E-state index in [9.17, 15) is 9.59 Å². The Morgan fingerprint density at radius 3 is 2.65 bits per heavy atom. The molecule has 0 aromatic carbocycles. The van der Waals surface area contributed by atoms with Gasteiger partial charge in [-0.25, -0.2) is 0 Å². The Labute approximate surface area is 185 Å². The van der Waals surface area contributed by atoms with Crippen LogP contribution in [0.4, 0.5) is 0 Å². The van der Waals surface area contributed by atoms with Crippen LogP contribution in [0.5, 0.6) is 0 Å². The lowest BCUT2D eigenvalue weighted by Gasteiger charge is -2.26. The first-order chi connectivity index (χ1) is 15.2. The van der Waals surface area contributed by atoms with Gasteiger partial charge < -0.3 is 15.1 Å². The number of allylic oxidation sites excluding steroid dienone is 1. The lowest BCUT2D eigenvalue weighted by Crippen LogP contribution is -2.38. The van der Waals surface area contributed by atoms with E-state index >= 15 is 0 Å². The maximum absolute atomic E-state index is 13.4. The predicted molar refractivity (Wildman–Crippen MR) is 121 cm³/mol. The molecule has 1 aromatic rings. The van der Waals surface area contributed by atoms with Crippen LogP contribution in [0.3, 0.4) is 0 Å². The van der Waals surface area contributed by atoms with E-state index in [2.05, 4.69) is 11.9 Å². The molecule has 31 heavy (non-hydrogen) atoms. The van der Waals surface area contributed by atoms with Crippen LogP contribution < -0.4 is 5.32 Å². The molecule has 1 unspecified atom stereocenters. The Hall–Kier alpha value is -2.15. The van der Waals surface area contributed by atoms with Crippen LogP contribution in [-0.2, 0) is 24.2 Å². The molecule has 2 fully saturated rings. The van der Waals surface area contributed by atoms with Crippen LogP contribution in [0.1, 0.15) is 73.1 Å². The second-order valence-electron chi connectivity index (χ2n) is 9.18. The van der Waals surface area contributed by atoms with Gasteiger partial charge in [-0.2, -0.15) is 5.10 Å². The molecular weight excluding hydrogens is 390 g/mol. The third-order valence-electron chi connectivity index (χ3n) is 6.95. The molecule has 2 saturated heterocycles. The highest BCUT2D eigenvalue weighted by atomic mass is 16.2. The molecule has 3 aliphatic rings. The Kier molecular flexibility index (Phi) is 7.43. The molecule has 0 spiro atoms. The van der Waals surface area contributed by atoms with Crippen molar-refractivity contribution in [3.8, 4) is 0 Å². The van der Waals surface area contributed by atoms with Gasteiger partial charge in [-0.3, -0.25) is 14.3 Å². The normalized spacial score (nSPS) is 21.8. The van der Waals surface area contributed by atoms with Gasteiger partial charge in [0.1, 0.15) is 0 Å². The zero-order valence-corrected chi connectivity index (χ0v) is 18.8. The number of hydrogen-bond acceptors (Lipinski definition) is 4. The van der Waals surface area contributed by atoms with Crippen molar-refractivity contribution >= 4 is 11.8 Å². The van der Waals surface area contributed by atoms with Crippen molar-refractivity contribution in [2.24, 2.45) is 0 Å². The van der Waals surface area contributed by atoms with Gasteiger partial charge in [0.05, 0.1) is 6.54 Å². The number of carbonyl (C=O) groups excluding carboxylic acids is 2. The minimum atomic E-state index is 0.106. The molecule has 0 saturated carbocycles. The van der Waals surface area contributed by atoms with Gasteiger partial charge in [-0.05, 0) is 51.5 Å². The van der Waals surface area contributed by atoms with Gasteiger partial charge in [-0.1, -0.05) is 18.9 Å². The molecule has 2 amide bonds. The minimum Gasteiger partial charge on any atom is -0.343 e. The number of aromatic nitrogens is 2. The van der Waals surface area contributed by atoms with E-state index < -0.39 is 0 Å². The Morgan fingerprint density at radius 1 is 1.13 bits per heavy atom. The smallest absolute Gasteiger partial charge is 0.274 e. The fraction of sp³-hybridized carbons (Fsp3) is 0.708. The molecule has 170 valence electrons. The van der Waals surface area contributed by atoms with Crippen LogP contribution in [0, 0.1) is 0 Å². The van der Waals surface area contributed by atoms with Crippen LogP contribution in [0.25, 0.3) is 0 Å². The van der Waals surface area contributed by atoms with Crippen molar-refractivity contribution in [3.05, 3.63) is 29.6 Å². The second kappa shape index (κ2) is 10.4. The third-order valence-corrected chi connectivity index (χ3v) is 6.95. The summed E-state index contributed by atoms with van der Waals surface area (Å²) in [6.45, 7) is 8.87. The van der Waals surface area contributed by atoms with E-state index in [0.29, 0.717) is 30.6 Å². The largest absolute Gasteiger partial charge is 0.343 e. The molecule has 7 heteroatoms. The standard InChI is InChI=1S/C24H37N5O2/c1-2-13-29-21-11-10-19(25-12-8-17-27-16-7-9-22(27)30)18-20(21)23(26-29)24(31)28-14-5-3-4-6-15-28/h2,19,25H,1,3-18H2. The summed E-state index contributed by atoms with van der Waals surface area (Å²) < 4.78 is 1.99. The number of amides is 2. The van der Waals surface area contributed by atoms with Crippen molar-refractivity contribution in [1.82, 2.24) is 24.9 Å². The molecule has 0 bridgehead atoms.